The number of carbonyl (C=O) groups is 2. The van der Waals surface area contributed by atoms with Crippen molar-refractivity contribution in [2.75, 3.05) is 18.9 Å². The van der Waals surface area contributed by atoms with Crippen LogP contribution in [0.1, 0.15) is 20.8 Å². The fourth-order valence-corrected chi connectivity index (χ4v) is 1.26. The average Bonchev–Trinajstić information content (AvgIpc) is 2.27. The third-order valence-corrected chi connectivity index (χ3v) is 2.03. The Morgan fingerprint density at radius 3 is 2.63 bits per heavy atom. The standard InChI is InChI=1S/C13H19N3O3/c1-13(2,3)19-12(18)16(4)9-11(17)15-10-6-5-7-14-8-10/h5-8H,9H2,1-4H3,(H,15,17). The van der Waals surface area contributed by atoms with E-state index < -0.39 is 11.7 Å². The van der Waals surface area contributed by atoms with Gasteiger partial charge in [-0.3, -0.25) is 9.78 Å². The Morgan fingerprint density at radius 2 is 2.11 bits per heavy atom. The predicted molar refractivity (Wildman–Crippen MR) is 71.7 cm³/mol. The van der Waals surface area contributed by atoms with Gasteiger partial charge < -0.3 is 15.0 Å². The van der Waals surface area contributed by atoms with E-state index in [2.05, 4.69) is 10.3 Å². The summed E-state index contributed by atoms with van der Waals surface area (Å²) in [6.07, 6.45) is 2.61. The number of hydrogen-bond acceptors (Lipinski definition) is 4. The van der Waals surface area contributed by atoms with Crippen molar-refractivity contribution in [2.45, 2.75) is 26.4 Å². The zero-order valence-corrected chi connectivity index (χ0v) is 11.6. The van der Waals surface area contributed by atoms with Crippen molar-refractivity contribution in [2.24, 2.45) is 0 Å². The van der Waals surface area contributed by atoms with Crippen LogP contribution in [-0.4, -0.2) is 41.1 Å². The van der Waals surface area contributed by atoms with Gasteiger partial charge in [-0.05, 0) is 32.9 Å². The minimum Gasteiger partial charge on any atom is -0.444 e. The molecular weight excluding hydrogens is 246 g/mol. The maximum absolute atomic E-state index is 11.7. The second kappa shape index (κ2) is 6.17. The summed E-state index contributed by atoms with van der Waals surface area (Å²) < 4.78 is 5.15. The van der Waals surface area contributed by atoms with Gasteiger partial charge in [0, 0.05) is 13.2 Å². The Bertz CT molecular complexity index is 440. The van der Waals surface area contributed by atoms with Crippen LogP contribution in [0.25, 0.3) is 0 Å². The molecule has 0 radical (unpaired) electrons. The second-order valence-electron chi connectivity index (χ2n) is 5.13. The number of amides is 2. The van der Waals surface area contributed by atoms with E-state index in [-0.39, 0.29) is 12.5 Å². The van der Waals surface area contributed by atoms with Gasteiger partial charge in [0.1, 0.15) is 12.1 Å². The SMILES string of the molecule is CN(CC(=O)Nc1cccnc1)C(=O)OC(C)(C)C. The maximum Gasteiger partial charge on any atom is 0.410 e. The van der Waals surface area contributed by atoms with Gasteiger partial charge in [-0.2, -0.15) is 0 Å². The van der Waals surface area contributed by atoms with Crippen LogP contribution >= 0.6 is 0 Å². The molecule has 0 spiro atoms. The third kappa shape index (κ3) is 5.85. The van der Waals surface area contributed by atoms with E-state index in [9.17, 15) is 9.59 Å². The number of ether oxygens (including phenoxy) is 1. The van der Waals surface area contributed by atoms with E-state index in [1.54, 1.807) is 39.1 Å². The van der Waals surface area contributed by atoms with E-state index >= 15 is 0 Å². The highest BCUT2D eigenvalue weighted by atomic mass is 16.6. The van der Waals surface area contributed by atoms with Crippen LogP contribution in [0.3, 0.4) is 0 Å². The highest BCUT2D eigenvalue weighted by molar-refractivity contribution is 5.93. The highest BCUT2D eigenvalue weighted by Gasteiger charge is 2.21. The predicted octanol–water partition coefficient (Wildman–Crippen LogP) is 1.89. The van der Waals surface area contributed by atoms with Crippen molar-refractivity contribution in [3.8, 4) is 0 Å². The van der Waals surface area contributed by atoms with Crippen LogP contribution in [-0.2, 0) is 9.53 Å². The largest absolute Gasteiger partial charge is 0.444 e. The molecule has 1 aromatic heterocycles. The average molecular weight is 265 g/mol. The number of anilines is 1. The number of carbonyl (C=O) groups excluding carboxylic acids is 2. The minimum absolute atomic E-state index is 0.0796. The number of aromatic nitrogens is 1. The first-order valence-electron chi connectivity index (χ1n) is 5.92. The van der Waals surface area contributed by atoms with Crippen molar-refractivity contribution < 1.29 is 14.3 Å². The van der Waals surface area contributed by atoms with Gasteiger partial charge in [0.2, 0.25) is 5.91 Å². The lowest BCUT2D eigenvalue weighted by Crippen LogP contribution is -2.38. The molecule has 0 saturated carbocycles. The number of nitrogens with one attached hydrogen (secondary N) is 1. The molecule has 1 N–H and O–H groups in total. The minimum atomic E-state index is -0.578. The van der Waals surface area contributed by atoms with E-state index in [1.807, 2.05) is 0 Å². The molecule has 19 heavy (non-hydrogen) atoms. The molecule has 0 fully saturated rings. The fourth-order valence-electron chi connectivity index (χ4n) is 1.26. The zero-order valence-electron chi connectivity index (χ0n) is 11.6. The number of rotatable bonds is 3. The second-order valence-corrected chi connectivity index (χ2v) is 5.13. The van der Waals surface area contributed by atoms with Crippen molar-refractivity contribution in [3.05, 3.63) is 24.5 Å². The van der Waals surface area contributed by atoms with Crippen LogP contribution in [0, 0.1) is 0 Å². The number of hydrogen-bond donors (Lipinski definition) is 1. The first-order chi connectivity index (χ1) is 8.78. The maximum atomic E-state index is 11.7. The van der Waals surface area contributed by atoms with Crippen molar-refractivity contribution >= 4 is 17.7 Å². The van der Waals surface area contributed by atoms with E-state index in [0.29, 0.717) is 5.69 Å². The lowest BCUT2D eigenvalue weighted by Gasteiger charge is -2.24. The molecular formula is C13H19N3O3. The quantitative estimate of drug-likeness (QED) is 0.905. The summed E-state index contributed by atoms with van der Waals surface area (Å²) in [4.78, 5) is 28.5. The molecule has 0 bridgehead atoms. The number of nitrogens with zero attached hydrogens (tertiary/aromatic N) is 2. The molecule has 0 aliphatic rings. The van der Waals surface area contributed by atoms with Crippen LogP contribution in [0.5, 0.6) is 0 Å². The van der Waals surface area contributed by atoms with Gasteiger partial charge in [-0.25, -0.2) is 4.79 Å². The topological polar surface area (TPSA) is 71.5 Å². The summed E-state index contributed by atoms with van der Waals surface area (Å²) in [6, 6.07) is 3.44. The summed E-state index contributed by atoms with van der Waals surface area (Å²) >= 11 is 0. The van der Waals surface area contributed by atoms with Gasteiger partial charge in [-0.1, -0.05) is 0 Å². The first kappa shape index (κ1) is 14.9. The summed E-state index contributed by atoms with van der Waals surface area (Å²) in [5.41, 5.74) is 0.00984. The molecule has 1 rings (SSSR count). The summed E-state index contributed by atoms with van der Waals surface area (Å²) in [7, 11) is 1.51. The Kier molecular flexibility index (Phi) is 4.86. The van der Waals surface area contributed by atoms with E-state index in [4.69, 9.17) is 4.74 Å². The molecule has 6 heteroatoms. The molecule has 2 amide bonds. The first-order valence-corrected chi connectivity index (χ1v) is 5.92. The van der Waals surface area contributed by atoms with Crippen molar-refractivity contribution in [1.29, 1.82) is 0 Å². The molecule has 0 aliphatic carbocycles. The molecule has 0 unspecified atom stereocenters. The Morgan fingerprint density at radius 1 is 1.42 bits per heavy atom. The molecule has 6 nitrogen and oxygen atoms in total. The van der Waals surface area contributed by atoms with Crippen molar-refractivity contribution in [3.63, 3.8) is 0 Å². The Balaban J connectivity index is 2.46. The molecule has 0 atom stereocenters. The molecule has 0 saturated heterocycles. The lowest BCUT2D eigenvalue weighted by atomic mass is 10.2. The Labute approximate surface area is 112 Å². The highest BCUT2D eigenvalue weighted by Crippen LogP contribution is 2.09. The van der Waals surface area contributed by atoms with Crippen LogP contribution in [0.15, 0.2) is 24.5 Å². The monoisotopic (exact) mass is 265 g/mol. The van der Waals surface area contributed by atoms with Gasteiger partial charge in [0.05, 0.1) is 11.9 Å². The van der Waals surface area contributed by atoms with Gasteiger partial charge in [0.25, 0.3) is 0 Å². The zero-order chi connectivity index (χ0) is 14.5. The summed E-state index contributed by atoms with van der Waals surface area (Å²) in [5.74, 6) is -0.304. The molecule has 0 aliphatic heterocycles. The Hall–Kier alpha value is -2.11. The van der Waals surface area contributed by atoms with Crippen LogP contribution < -0.4 is 5.32 Å². The smallest absolute Gasteiger partial charge is 0.410 e. The molecule has 104 valence electrons. The number of pyridine rings is 1. The normalized spacial score (nSPS) is 10.7. The van der Waals surface area contributed by atoms with Crippen LogP contribution in [0.2, 0.25) is 0 Å². The van der Waals surface area contributed by atoms with E-state index in [0.717, 1.165) is 0 Å². The lowest BCUT2D eigenvalue weighted by molar-refractivity contribution is -0.117. The molecule has 0 aromatic carbocycles. The van der Waals surface area contributed by atoms with Crippen LogP contribution in [0.4, 0.5) is 10.5 Å². The molecule has 1 aromatic rings. The van der Waals surface area contributed by atoms with Crippen molar-refractivity contribution in [1.82, 2.24) is 9.88 Å². The van der Waals surface area contributed by atoms with Gasteiger partial charge >= 0.3 is 6.09 Å². The van der Waals surface area contributed by atoms with E-state index in [1.165, 1.54) is 18.1 Å². The number of likely N-dealkylation sites (N-methyl/N-ethyl adjacent to an activating group) is 1. The fraction of sp³-hybridized carbons (Fsp3) is 0.462. The summed E-state index contributed by atoms with van der Waals surface area (Å²) in [6.45, 7) is 5.24. The van der Waals surface area contributed by atoms with Gasteiger partial charge in [-0.15, -0.1) is 0 Å². The molecule has 1 heterocycles. The van der Waals surface area contributed by atoms with Gasteiger partial charge in [0.15, 0.2) is 0 Å². The third-order valence-electron chi connectivity index (χ3n) is 2.03. The summed E-state index contributed by atoms with van der Waals surface area (Å²) in [5, 5.41) is 2.64.